The van der Waals surface area contributed by atoms with Crippen molar-refractivity contribution in [2.24, 2.45) is 0 Å². The molecule has 1 rings (SSSR count). The molecule has 0 aliphatic carbocycles. The van der Waals surface area contributed by atoms with Crippen molar-refractivity contribution in [1.82, 2.24) is 10.6 Å². The molecule has 0 radical (unpaired) electrons. The molecule has 4 nitrogen and oxygen atoms in total. The van der Waals surface area contributed by atoms with Gasteiger partial charge in [0.05, 0.1) is 0 Å². The zero-order valence-corrected chi connectivity index (χ0v) is 6.43. The molecule has 1 heterocycles. The van der Waals surface area contributed by atoms with Gasteiger partial charge in [0.1, 0.15) is 5.70 Å². The number of carboxylic acid groups (broad SMARTS) is 1. The Bertz CT molecular complexity index is 253. The molecule has 0 bridgehead atoms. The SMILES string of the molecule is CC1=C(C)NC(C(=O)O)=CN1. The number of allylic oxidation sites excluding steroid dienone is 2. The highest BCUT2D eigenvalue weighted by molar-refractivity contribution is 5.86. The van der Waals surface area contributed by atoms with E-state index in [1.54, 1.807) is 0 Å². The Kier molecular flexibility index (Phi) is 1.85. The van der Waals surface area contributed by atoms with Crippen LogP contribution < -0.4 is 10.6 Å². The third-order valence-electron chi connectivity index (χ3n) is 1.55. The van der Waals surface area contributed by atoms with Crippen molar-refractivity contribution >= 4 is 5.97 Å². The minimum Gasteiger partial charge on any atom is -0.477 e. The Hall–Kier alpha value is -1.45. The molecule has 0 fully saturated rings. The number of hydrogen-bond donors (Lipinski definition) is 3. The standard InChI is InChI=1S/C7H10N2O2/c1-4-5(2)9-6(3-8-4)7(10)11/h3,8-9H,1-2H3,(H,10,11). The first-order valence-corrected chi connectivity index (χ1v) is 3.26. The van der Waals surface area contributed by atoms with E-state index in [0.29, 0.717) is 0 Å². The third kappa shape index (κ3) is 1.52. The summed E-state index contributed by atoms with van der Waals surface area (Å²) in [6, 6.07) is 0. The lowest BCUT2D eigenvalue weighted by Crippen LogP contribution is -2.27. The molecule has 0 saturated carbocycles. The topological polar surface area (TPSA) is 61.4 Å². The van der Waals surface area contributed by atoms with Crippen molar-refractivity contribution < 1.29 is 9.90 Å². The van der Waals surface area contributed by atoms with E-state index in [1.807, 2.05) is 13.8 Å². The Morgan fingerprint density at radius 1 is 1.45 bits per heavy atom. The molecule has 4 heteroatoms. The molecule has 60 valence electrons. The number of nitrogens with one attached hydrogen (secondary N) is 2. The number of hydrogen-bond acceptors (Lipinski definition) is 3. The maximum Gasteiger partial charge on any atom is 0.353 e. The number of carbonyl (C=O) groups is 1. The van der Waals surface area contributed by atoms with Crippen molar-refractivity contribution in [1.29, 1.82) is 0 Å². The smallest absolute Gasteiger partial charge is 0.353 e. The van der Waals surface area contributed by atoms with Crippen LogP contribution in [0.1, 0.15) is 13.8 Å². The van der Waals surface area contributed by atoms with Crippen LogP contribution in [0.5, 0.6) is 0 Å². The van der Waals surface area contributed by atoms with Gasteiger partial charge in [-0.15, -0.1) is 0 Å². The van der Waals surface area contributed by atoms with E-state index in [2.05, 4.69) is 10.6 Å². The second-order valence-electron chi connectivity index (χ2n) is 2.38. The molecule has 1 aliphatic rings. The maximum atomic E-state index is 10.4. The highest BCUT2D eigenvalue weighted by atomic mass is 16.4. The van der Waals surface area contributed by atoms with E-state index in [9.17, 15) is 4.79 Å². The molecule has 11 heavy (non-hydrogen) atoms. The fraction of sp³-hybridized carbons (Fsp3) is 0.286. The molecular weight excluding hydrogens is 144 g/mol. The second-order valence-corrected chi connectivity index (χ2v) is 2.38. The Labute approximate surface area is 64.6 Å². The van der Waals surface area contributed by atoms with Crippen molar-refractivity contribution in [2.75, 3.05) is 0 Å². The van der Waals surface area contributed by atoms with Crippen molar-refractivity contribution in [2.45, 2.75) is 13.8 Å². The lowest BCUT2D eigenvalue weighted by molar-refractivity contribution is -0.133. The minimum atomic E-state index is -0.954. The molecule has 0 aromatic rings. The van der Waals surface area contributed by atoms with Gasteiger partial charge in [0.15, 0.2) is 0 Å². The summed E-state index contributed by atoms with van der Waals surface area (Å²) < 4.78 is 0. The van der Waals surface area contributed by atoms with E-state index >= 15 is 0 Å². The van der Waals surface area contributed by atoms with Crippen molar-refractivity contribution in [3.05, 3.63) is 23.3 Å². The summed E-state index contributed by atoms with van der Waals surface area (Å²) in [5.41, 5.74) is 1.95. The molecule has 1 aliphatic heterocycles. The van der Waals surface area contributed by atoms with Gasteiger partial charge >= 0.3 is 5.97 Å². The first-order chi connectivity index (χ1) is 5.11. The number of carboxylic acids is 1. The van der Waals surface area contributed by atoms with Crippen LogP contribution in [0.3, 0.4) is 0 Å². The van der Waals surface area contributed by atoms with Gasteiger partial charge in [0.2, 0.25) is 0 Å². The van der Waals surface area contributed by atoms with Gasteiger partial charge in [-0.25, -0.2) is 4.79 Å². The zero-order valence-electron chi connectivity index (χ0n) is 6.43. The summed E-state index contributed by atoms with van der Waals surface area (Å²) in [5.74, 6) is -0.954. The van der Waals surface area contributed by atoms with Crippen LogP contribution in [0.2, 0.25) is 0 Å². The Balaban J connectivity index is 2.75. The van der Waals surface area contributed by atoms with Gasteiger partial charge in [0, 0.05) is 17.6 Å². The molecular formula is C7H10N2O2. The van der Waals surface area contributed by atoms with E-state index in [4.69, 9.17) is 5.11 Å². The number of aliphatic carboxylic acids is 1. The first-order valence-electron chi connectivity index (χ1n) is 3.26. The fourth-order valence-corrected chi connectivity index (χ4v) is 0.736. The average molecular weight is 154 g/mol. The predicted molar refractivity (Wildman–Crippen MR) is 40.4 cm³/mol. The molecule has 0 saturated heterocycles. The van der Waals surface area contributed by atoms with E-state index in [1.165, 1.54) is 6.20 Å². The fourth-order valence-electron chi connectivity index (χ4n) is 0.736. The van der Waals surface area contributed by atoms with Crippen molar-refractivity contribution in [3.63, 3.8) is 0 Å². The molecule has 0 spiro atoms. The minimum absolute atomic E-state index is 0.174. The van der Waals surface area contributed by atoms with E-state index in [-0.39, 0.29) is 5.70 Å². The van der Waals surface area contributed by atoms with Gasteiger partial charge in [-0.1, -0.05) is 0 Å². The van der Waals surface area contributed by atoms with Crippen LogP contribution in [0.25, 0.3) is 0 Å². The first kappa shape index (κ1) is 7.65. The summed E-state index contributed by atoms with van der Waals surface area (Å²) in [6.45, 7) is 3.69. The summed E-state index contributed by atoms with van der Waals surface area (Å²) in [5, 5.41) is 14.1. The van der Waals surface area contributed by atoms with Gasteiger partial charge in [-0.05, 0) is 13.8 Å². The highest BCUT2D eigenvalue weighted by Gasteiger charge is 2.11. The van der Waals surface area contributed by atoms with Gasteiger partial charge in [-0.3, -0.25) is 0 Å². The van der Waals surface area contributed by atoms with Crippen LogP contribution in [0.4, 0.5) is 0 Å². The summed E-state index contributed by atoms with van der Waals surface area (Å²) >= 11 is 0. The van der Waals surface area contributed by atoms with Gasteiger partial charge in [-0.2, -0.15) is 0 Å². The summed E-state index contributed by atoms with van der Waals surface area (Å²) in [4.78, 5) is 10.4. The van der Waals surface area contributed by atoms with E-state index in [0.717, 1.165) is 11.4 Å². The Morgan fingerprint density at radius 2 is 2.09 bits per heavy atom. The zero-order chi connectivity index (χ0) is 8.43. The van der Waals surface area contributed by atoms with Gasteiger partial charge < -0.3 is 15.7 Å². The molecule has 0 unspecified atom stereocenters. The lowest BCUT2D eigenvalue weighted by Gasteiger charge is -2.16. The van der Waals surface area contributed by atoms with Crippen LogP contribution in [0.15, 0.2) is 23.3 Å². The maximum absolute atomic E-state index is 10.4. The predicted octanol–water partition coefficient (Wildman–Crippen LogP) is 0.357. The molecule has 0 aromatic carbocycles. The molecule has 0 amide bonds. The second kappa shape index (κ2) is 2.65. The summed E-state index contributed by atoms with van der Waals surface area (Å²) in [7, 11) is 0. The van der Waals surface area contributed by atoms with Crippen LogP contribution in [-0.2, 0) is 4.79 Å². The normalized spacial score (nSPS) is 16.7. The third-order valence-corrected chi connectivity index (χ3v) is 1.55. The quantitative estimate of drug-likeness (QED) is 0.510. The molecule has 3 N–H and O–H groups in total. The Morgan fingerprint density at radius 3 is 2.55 bits per heavy atom. The van der Waals surface area contributed by atoms with Crippen LogP contribution in [-0.4, -0.2) is 11.1 Å². The monoisotopic (exact) mass is 154 g/mol. The van der Waals surface area contributed by atoms with Crippen LogP contribution >= 0.6 is 0 Å². The highest BCUT2D eigenvalue weighted by Crippen LogP contribution is 2.05. The van der Waals surface area contributed by atoms with Gasteiger partial charge in [0.25, 0.3) is 0 Å². The average Bonchev–Trinajstić information content (AvgIpc) is 1.94. The number of rotatable bonds is 1. The largest absolute Gasteiger partial charge is 0.477 e. The molecule has 0 atom stereocenters. The molecule has 0 aromatic heterocycles. The van der Waals surface area contributed by atoms with Crippen molar-refractivity contribution in [3.8, 4) is 0 Å². The summed E-state index contributed by atoms with van der Waals surface area (Å²) in [6.07, 6.45) is 1.44. The lowest BCUT2D eigenvalue weighted by atomic mass is 10.3. The van der Waals surface area contributed by atoms with Crippen LogP contribution in [0, 0.1) is 0 Å². The van der Waals surface area contributed by atoms with E-state index < -0.39 is 5.97 Å².